The van der Waals surface area contributed by atoms with Gasteiger partial charge in [-0.15, -0.1) is 0 Å². The van der Waals surface area contributed by atoms with E-state index < -0.39 is 24.2 Å². The van der Waals surface area contributed by atoms with Crippen molar-refractivity contribution in [2.45, 2.75) is 12.2 Å². The van der Waals surface area contributed by atoms with Gasteiger partial charge in [-0.05, 0) is 60.2 Å². The molecule has 0 bridgehead atoms. The number of nitrogens with zero attached hydrogens (tertiary/aromatic N) is 1. The molecular formula is C28H28N4O6. The van der Waals surface area contributed by atoms with Crippen molar-refractivity contribution in [3.63, 3.8) is 0 Å². The average Bonchev–Trinajstić information content (AvgIpc) is 2.93. The number of aliphatic hydroxyl groups is 1. The van der Waals surface area contributed by atoms with Crippen molar-refractivity contribution in [3.8, 4) is 11.8 Å². The third-order valence-corrected chi connectivity index (χ3v) is 5.29. The molecule has 0 aliphatic heterocycles. The Bertz CT molecular complexity index is 1290. The maximum atomic E-state index is 12.8. The fraction of sp³-hybridized carbons (Fsp3) is 0.179. The fourth-order valence-electron chi connectivity index (χ4n) is 3.40. The molecule has 0 aliphatic carbocycles. The van der Waals surface area contributed by atoms with Crippen LogP contribution >= 0.6 is 0 Å². The summed E-state index contributed by atoms with van der Waals surface area (Å²) < 4.78 is 16.7. The Morgan fingerprint density at radius 3 is 2.39 bits per heavy atom. The highest BCUT2D eigenvalue weighted by atomic mass is 16.6. The average molecular weight is 517 g/mol. The zero-order valence-electron chi connectivity index (χ0n) is 20.7. The molecule has 0 saturated heterocycles. The minimum Gasteiger partial charge on any atom is -0.491 e. The van der Waals surface area contributed by atoms with Gasteiger partial charge in [0.15, 0.2) is 6.10 Å². The Morgan fingerprint density at radius 1 is 1.05 bits per heavy atom. The molecule has 2 atom stereocenters. The van der Waals surface area contributed by atoms with Gasteiger partial charge in [0.05, 0.1) is 29.6 Å². The van der Waals surface area contributed by atoms with Crippen LogP contribution in [0.25, 0.3) is 0 Å². The van der Waals surface area contributed by atoms with Gasteiger partial charge >= 0.3 is 6.09 Å². The van der Waals surface area contributed by atoms with Crippen molar-refractivity contribution in [1.82, 2.24) is 0 Å². The van der Waals surface area contributed by atoms with Gasteiger partial charge in [-0.25, -0.2) is 4.79 Å². The summed E-state index contributed by atoms with van der Waals surface area (Å²) in [6, 6.07) is 21.9. The first-order chi connectivity index (χ1) is 18.4. The topological polar surface area (TPSA) is 156 Å². The summed E-state index contributed by atoms with van der Waals surface area (Å²) in [5, 5.41) is 23.2. The summed E-state index contributed by atoms with van der Waals surface area (Å²) in [7, 11) is 1.43. The van der Waals surface area contributed by atoms with Crippen LogP contribution in [0.3, 0.4) is 0 Å². The molecule has 10 heteroatoms. The van der Waals surface area contributed by atoms with E-state index in [1.54, 1.807) is 72.8 Å². The number of benzene rings is 3. The predicted molar refractivity (Wildman–Crippen MR) is 142 cm³/mol. The van der Waals surface area contributed by atoms with E-state index in [1.807, 2.05) is 6.07 Å². The molecule has 0 saturated carbocycles. The number of hydrogen-bond acceptors (Lipinski definition) is 8. The summed E-state index contributed by atoms with van der Waals surface area (Å²) in [5.74, 6) is 0.0754. The number of carbonyl (C=O) groups is 2. The zero-order valence-corrected chi connectivity index (χ0v) is 20.7. The van der Waals surface area contributed by atoms with E-state index in [4.69, 9.17) is 30.3 Å². The Hall–Kier alpha value is -4.85. The molecule has 0 unspecified atom stereocenters. The number of methoxy groups -OCH3 is 1. The number of nitrogen functional groups attached to an aromatic ring is 1. The molecule has 0 spiro atoms. The van der Waals surface area contributed by atoms with Crippen molar-refractivity contribution in [2.24, 2.45) is 0 Å². The van der Waals surface area contributed by atoms with Gasteiger partial charge in [0, 0.05) is 18.9 Å². The summed E-state index contributed by atoms with van der Waals surface area (Å²) >= 11 is 0. The summed E-state index contributed by atoms with van der Waals surface area (Å²) in [6.07, 6.45) is 0.191. The van der Waals surface area contributed by atoms with E-state index in [0.29, 0.717) is 33.9 Å². The Labute approximate surface area is 220 Å². The molecule has 38 heavy (non-hydrogen) atoms. The molecule has 3 rings (SSSR count). The highest BCUT2D eigenvalue weighted by Crippen LogP contribution is 2.27. The second kappa shape index (κ2) is 14.0. The standard InChI is InChI=1S/C28H28N4O6/c1-36-25(14-15-26(34)32-24-5-3-2-4-23(24)30)27(20-8-12-22(13-9-20)37-17-16-33)38-28(35)31-21-10-6-19(18-29)7-11-21/h2-15,25,27,33H,16-17,30H2,1H3,(H,31,35)(H,32,34)/b15-14+/t25-,27-/m1/s1. The van der Waals surface area contributed by atoms with E-state index in [0.717, 1.165) is 0 Å². The minimum atomic E-state index is -0.948. The molecule has 3 aromatic carbocycles. The molecule has 0 heterocycles. The van der Waals surface area contributed by atoms with Crippen molar-refractivity contribution >= 4 is 29.1 Å². The molecular weight excluding hydrogens is 488 g/mol. The van der Waals surface area contributed by atoms with Gasteiger partial charge in [-0.2, -0.15) is 5.26 Å². The summed E-state index contributed by atoms with van der Waals surface area (Å²) in [6.45, 7) is 0.00693. The molecule has 0 aromatic heterocycles. The molecule has 10 nitrogen and oxygen atoms in total. The van der Waals surface area contributed by atoms with Gasteiger partial charge in [0.2, 0.25) is 5.91 Å². The molecule has 196 valence electrons. The number of ether oxygens (including phenoxy) is 3. The smallest absolute Gasteiger partial charge is 0.412 e. The van der Waals surface area contributed by atoms with Crippen LogP contribution in [0, 0.1) is 11.3 Å². The molecule has 3 aromatic rings. The normalized spacial score (nSPS) is 12.2. The Kier molecular flexibility index (Phi) is 10.2. The van der Waals surface area contributed by atoms with Crippen LogP contribution in [0.15, 0.2) is 84.9 Å². The van der Waals surface area contributed by atoms with Gasteiger partial charge in [0.25, 0.3) is 0 Å². The van der Waals surface area contributed by atoms with Crippen molar-refractivity contribution in [2.75, 3.05) is 36.7 Å². The number of anilines is 3. The van der Waals surface area contributed by atoms with Crippen molar-refractivity contribution in [3.05, 3.63) is 96.1 Å². The number of nitriles is 1. The largest absolute Gasteiger partial charge is 0.491 e. The first-order valence-electron chi connectivity index (χ1n) is 11.6. The number of amides is 2. The number of rotatable bonds is 11. The van der Waals surface area contributed by atoms with Gasteiger partial charge in [0.1, 0.15) is 18.5 Å². The maximum absolute atomic E-state index is 12.8. The molecule has 0 aliphatic rings. The van der Waals surface area contributed by atoms with Crippen LogP contribution in [0.5, 0.6) is 5.75 Å². The van der Waals surface area contributed by atoms with Crippen LogP contribution in [0.4, 0.5) is 21.9 Å². The van der Waals surface area contributed by atoms with Crippen LogP contribution < -0.4 is 21.1 Å². The third kappa shape index (κ3) is 8.09. The number of nitrogens with one attached hydrogen (secondary N) is 2. The van der Waals surface area contributed by atoms with Crippen LogP contribution in [0.2, 0.25) is 0 Å². The predicted octanol–water partition coefficient (Wildman–Crippen LogP) is 4.01. The monoisotopic (exact) mass is 516 g/mol. The lowest BCUT2D eigenvalue weighted by molar-refractivity contribution is -0.112. The number of nitrogens with two attached hydrogens (primary N) is 1. The molecule has 2 amide bonds. The quantitative estimate of drug-likeness (QED) is 0.220. The lowest BCUT2D eigenvalue weighted by Crippen LogP contribution is -2.27. The lowest BCUT2D eigenvalue weighted by Gasteiger charge is -2.24. The maximum Gasteiger partial charge on any atom is 0.412 e. The Morgan fingerprint density at radius 2 is 1.76 bits per heavy atom. The lowest BCUT2D eigenvalue weighted by atomic mass is 10.0. The van der Waals surface area contributed by atoms with Gasteiger partial charge in [-0.1, -0.05) is 24.3 Å². The van der Waals surface area contributed by atoms with E-state index >= 15 is 0 Å². The molecule has 0 fully saturated rings. The summed E-state index contributed by atoms with van der Waals surface area (Å²) in [4.78, 5) is 25.3. The second-order valence-corrected chi connectivity index (χ2v) is 7.92. The van der Waals surface area contributed by atoms with Gasteiger partial charge in [-0.3, -0.25) is 10.1 Å². The van der Waals surface area contributed by atoms with Crippen molar-refractivity contribution < 1.29 is 28.9 Å². The van der Waals surface area contributed by atoms with Crippen molar-refractivity contribution in [1.29, 1.82) is 5.26 Å². The van der Waals surface area contributed by atoms with Crippen LogP contribution in [-0.4, -0.2) is 43.5 Å². The SMILES string of the molecule is CO[C@H](/C=C/C(=O)Nc1ccccc1N)[C@H](OC(=O)Nc1ccc(C#N)cc1)c1ccc(OCCO)cc1. The first-order valence-corrected chi connectivity index (χ1v) is 11.6. The van der Waals surface area contributed by atoms with Crippen LogP contribution in [0.1, 0.15) is 17.2 Å². The number of aliphatic hydroxyl groups excluding tert-OH is 1. The van der Waals surface area contributed by atoms with Crippen LogP contribution in [-0.2, 0) is 14.3 Å². The second-order valence-electron chi connectivity index (χ2n) is 7.92. The molecule has 0 radical (unpaired) electrons. The highest BCUT2D eigenvalue weighted by Gasteiger charge is 2.26. The Balaban J connectivity index is 1.79. The highest BCUT2D eigenvalue weighted by molar-refractivity contribution is 6.01. The summed E-state index contributed by atoms with van der Waals surface area (Å²) in [5.41, 5.74) is 8.22. The van der Waals surface area contributed by atoms with E-state index in [1.165, 1.54) is 19.3 Å². The number of carbonyl (C=O) groups excluding carboxylic acids is 2. The number of hydrogen-bond donors (Lipinski definition) is 4. The third-order valence-electron chi connectivity index (χ3n) is 5.29. The zero-order chi connectivity index (χ0) is 27.3. The first kappa shape index (κ1) is 27.7. The minimum absolute atomic E-state index is 0.129. The van der Waals surface area contributed by atoms with Gasteiger partial charge < -0.3 is 30.4 Å². The van der Waals surface area contributed by atoms with E-state index in [-0.39, 0.29) is 13.2 Å². The van der Waals surface area contributed by atoms with E-state index in [2.05, 4.69) is 10.6 Å². The fourth-order valence-corrected chi connectivity index (χ4v) is 3.40. The number of para-hydroxylation sites is 2. The molecule has 5 N–H and O–H groups in total. The van der Waals surface area contributed by atoms with E-state index in [9.17, 15) is 9.59 Å².